The van der Waals surface area contributed by atoms with E-state index in [-0.39, 0.29) is 24.9 Å². The number of hydrogen-bond donors (Lipinski definition) is 2. The Hall–Kier alpha value is -3.10. The summed E-state index contributed by atoms with van der Waals surface area (Å²) >= 11 is 0. The summed E-state index contributed by atoms with van der Waals surface area (Å²) in [6, 6.07) is 7.11. The maximum absolute atomic E-state index is 13.5. The molecule has 1 aliphatic carbocycles. The summed E-state index contributed by atoms with van der Waals surface area (Å²) in [5.41, 5.74) is 0.220. The van der Waals surface area contributed by atoms with Crippen molar-refractivity contribution in [3.05, 3.63) is 35.4 Å². The standard InChI is InChI=1S/C29H43N3O6/c1-6-37-25(34)24(30-26(35)29(15-7-8-16-29)31-27(36)38-28(3,4)5)18-21-11-13-22(14-12-21)23-10-9-17-32(19-23)20(2)33/h11-14,23-24H,6-10,15-19H2,1-5H3,(H,30,35)(H,31,36). The molecule has 3 rings (SSSR count). The fourth-order valence-electron chi connectivity index (χ4n) is 5.32. The van der Waals surface area contributed by atoms with Gasteiger partial charge in [0, 0.05) is 32.4 Å². The Morgan fingerprint density at radius 1 is 1.08 bits per heavy atom. The first-order chi connectivity index (χ1) is 17.9. The fourth-order valence-corrected chi connectivity index (χ4v) is 5.32. The molecule has 1 aromatic rings. The lowest BCUT2D eigenvalue weighted by Gasteiger charge is -2.32. The molecule has 0 spiro atoms. The van der Waals surface area contributed by atoms with Crippen LogP contribution in [0.3, 0.4) is 0 Å². The van der Waals surface area contributed by atoms with Gasteiger partial charge >= 0.3 is 12.1 Å². The van der Waals surface area contributed by atoms with Crippen LogP contribution in [0, 0.1) is 0 Å². The molecule has 38 heavy (non-hydrogen) atoms. The normalized spacial score (nSPS) is 19.8. The quantitative estimate of drug-likeness (QED) is 0.495. The van der Waals surface area contributed by atoms with Crippen molar-refractivity contribution in [3.63, 3.8) is 0 Å². The number of hydrogen-bond acceptors (Lipinski definition) is 6. The number of nitrogens with zero attached hydrogens (tertiary/aromatic N) is 1. The highest BCUT2D eigenvalue weighted by Crippen LogP contribution is 2.31. The van der Waals surface area contributed by atoms with Crippen LogP contribution in [0.1, 0.15) is 90.2 Å². The maximum atomic E-state index is 13.5. The van der Waals surface area contributed by atoms with Gasteiger partial charge in [-0.25, -0.2) is 9.59 Å². The number of nitrogens with one attached hydrogen (secondary N) is 2. The topological polar surface area (TPSA) is 114 Å². The van der Waals surface area contributed by atoms with Crippen LogP contribution in [0.15, 0.2) is 24.3 Å². The Morgan fingerprint density at radius 2 is 1.74 bits per heavy atom. The van der Waals surface area contributed by atoms with E-state index in [4.69, 9.17) is 9.47 Å². The predicted octanol–water partition coefficient (Wildman–Crippen LogP) is 3.84. The minimum absolute atomic E-state index is 0.0977. The molecular formula is C29H43N3O6. The van der Waals surface area contributed by atoms with Gasteiger partial charge < -0.3 is 25.0 Å². The highest BCUT2D eigenvalue weighted by atomic mass is 16.6. The molecule has 210 valence electrons. The van der Waals surface area contributed by atoms with Crippen LogP contribution in [0.2, 0.25) is 0 Å². The van der Waals surface area contributed by atoms with E-state index >= 15 is 0 Å². The number of carbonyl (C=O) groups is 4. The Balaban J connectivity index is 1.71. The number of amides is 3. The Labute approximate surface area is 226 Å². The van der Waals surface area contributed by atoms with Gasteiger partial charge in [0.15, 0.2) is 0 Å². The summed E-state index contributed by atoms with van der Waals surface area (Å²) in [7, 11) is 0. The molecule has 1 heterocycles. The van der Waals surface area contributed by atoms with Crippen molar-refractivity contribution in [2.75, 3.05) is 19.7 Å². The molecule has 1 saturated carbocycles. The van der Waals surface area contributed by atoms with Gasteiger partial charge in [-0.2, -0.15) is 0 Å². The van der Waals surface area contributed by atoms with Crippen molar-refractivity contribution in [2.45, 2.75) is 103 Å². The number of ether oxygens (including phenoxy) is 2. The number of esters is 1. The molecule has 2 aliphatic rings. The molecule has 2 fully saturated rings. The molecule has 9 heteroatoms. The lowest BCUT2D eigenvalue weighted by Crippen LogP contribution is -2.60. The maximum Gasteiger partial charge on any atom is 0.408 e. The van der Waals surface area contributed by atoms with Gasteiger partial charge in [0.2, 0.25) is 11.8 Å². The third-order valence-corrected chi connectivity index (χ3v) is 7.27. The van der Waals surface area contributed by atoms with Crippen LogP contribution in [-0.2, 0) is 30.3 Å². The molecule has 0 aromatic heterocycles. The van der Waals surface area contributed by atoms with Crippen LogP contribution < -0.4 is 10.6 Å². The average Bonchev–Trinajstić information content (AvgIpc) is 3.32. The van der Waals surface area contributed by atoms with Crippen molar-refractivity contribution < 1.29 is 28.7 Å². The van der Waals surface area contributed by atoms with Crippen LogP contribution >= 0.6 is 0 Å². The van der Waals surface area contributed by atoms with E-state index in [1.165, 1.54) is 0 Å². The number of alkyl carbamates (subject to hydrolysis) is 1. The lowest BCUT2D eigenvalue weighted by molar-refractivity contribution is -0.148. The smallest absolute Gasteiger partial charge is 0.408 e. The minimum Gasteiger partial charge on any atom is -0.464 e. The second-order valence-corrected chi connectivity index (χ2v) is 11.4. The van der Waals surface area contributed by atoms with E-state index < -0.39 is 35.2 Å². The zero-order valence-corrected chi connectivity index (χ0v) is 23.4. The van der Waals surface area contributed by atoms with Crippen LogP contribution in [0.25, 0.3) is 0 Å². The summed E-state index contributed by atoms with van der Waals surface area (Å²) in [5, 5.41) is 5.66. The number of benzene rings is 1. The van der Waals surface area contributed by atoms with Gasteiger partial charge in [-0.1, -0.05) is 37.1 Å². The Morgan fingerprint density at radius 3 is 2.32 bits per heavy atom. The van der Waals surface area contributed by atoms with Crippen LogP contribution in [-0.4, -0.2) is 65.7 Å². The monoisotopic (exact) mass is 529 g/mol. The highest BCUT2D eigenvalue weighted by Gasteiger charge is 2.44. The molecule has 2 atom stereocenters. The van der Waals surface area contributed by atoms with Crippen molar-refractivity contribution in [2.24, 2.45) is 0 Å². The zero-order valence-electron chi connectivity index (χ0n) is 23.4. The van der Waals surface area contributed by atoms with Gasteiger partial charge in [-0.15, -0.1) is 0 Å². The summed E-state index contributed by atoms with van der Waals surface area (Å²) in [6.07, 6.45) is 4.14. The third-order valence-electron chi connectivity index (χ3n) is 7.27. The molecule has 9 nitrogen and oxygen atoms in total. The Kier molecular flexibility index (Phi) is 9.79. The van der Waals surface area contributed by atoms with E-state index in [1.807, 2.05) is 29.2 Å². The minimum atomic E-state index is -1.12. The van der Waals surface area contributed by atoms with Crippen LogP contribution in [0.4, 0.5) is 4.79 Å². The van der Waals surface area contributed by atoms with Crippen molar-refractivity contribution in [1.29, 1.82) is 0 Å². The molecule has 0 bridgehead atoms. The van der Waals surface area contributed by atoms with Gasteiger partial charge in [0.1, 0.15) is 17.2 Å². The second kappa shape index (κ2) is 12.6. The van der Waals surface area contributed by atoms with Gasteiger partial charge in [-0.05, 0) is 64.5 Å². The third kappa shape index (κ3) is 7.95. The van der Waals surface area contributed by atoms with E-state index in [0.717, 1.165) is 43.4 Å². The van der Waals surface area contributed by atoms with E-state index in [9.17, 15) is 19.2 Å². The first-order valence-electron chi connectivity index (χ1n) is 13.8. The molecular weight excluding hydrogens is 486 g/mol. The Bertz CT molecular complexity index is 995. The molecule has 0 radical (unpaired) electrons. The van der Waals surface area contributed by atoms with Crippen molar-refractivity contribution in [3.8, 4) is 0 Å². The molecule has 2 N–H and O–H groups in total. The van der Waals surface area contributed by atoms with Gasteiger partial charge in [-0.3, -0.25) is 9.59 Å². The number of carbonyl (C=O) groups excluding carboxylic acids is 4. The SMILES string of the molecule is CCOC(=O)C(Cc1ccc(C2CCCN(C(C)=O)C2)cc1)NC(=O)C1(NC(=O)OC(C)(C)C)CCCC1. The van der Waals surface area contributed by atoms with Gasteiger partial charge in [0.25, 0.3) is 0 Å². The van der Waals surface area contributed by atoms with Crippen LogP contribution in [0.5, 0.6) is 0 Å². The fraction of sp³-hybridized carbons (Fsp3) is 0.655. The number of rotatable bonds is 8. The molecule has 3 amide bonds. The summed E-state index contributed by atoms with van der Waals surface area (Å²) in [4.78, 5) is 52.6. The first kappa shape index (κ1) is 29.5. The van der Waals surface area contributed by atoms with E-state index in [0.29, 0.717) is 19.4 Å². The first-order valence-corrected chi connectivity index (χ1v) is 13.8. The lowest BCUT2D eigenvalue weighted by atomic mass is 9.89. The zero-order chi connectivity index (χ0) is 27.9. The number of piperidine rings is 1. The van der Waals surface area contributed by atoms with Crippen molar-refractivity contribution >= 4 is 23.9 Å². The largest absolute Gasteiger partial charge is 0.464 e. The second-order valence-electron chi connectivity index (χ2n) is 11.4. The molecule has 2 unspecified atom stereocenters. The summed E-state index contributed by atoms with van der Waals surface area (Å²) < 4.78 is 10.7. The van der Waals surface area contributed by atoms with E-state index in [1.54, 1.807) is 34.6 Å². The molecule has 1 aliphatic heterocycles. The molecule has 1 saturated heterocycles. The average molecular weight is 530 g/mol. The summed E-state index contributed by atoms with van der Waals surface area (Å²) in [5.74, 6) is -0.536. The van der Waals surface area contributed by atoms with E-state index in [2.05, 4.69) is 10.6 Å². The van der Waals surface area contributed by atoms with Gasteiger partial charge in [0.05, 0.1) is 6.61 Å². The molecule has 1 aromatic carbocycles. The summed E-state index contributed by atoms with van der Waals surface area (Å²) in [6.45, 7) is 10.3. The number of likely N-dealkylation sites (tertiary alicyclic amines) is 1. The highest BCUT2D eigenvalue weighted by molar-refractivity contribution is 5.93. The predicted molar refractivity (Wildman–Crippen MR) is 144 cm³/mol. The van der Waals surface area contributed by atoms with Crippen molar-refractivity contribution in [1.82, 2.24) is 15.5 Å².